The molecule has 0 unspecified atom stereocenters. The molecule has 1 aliphatic rings. The van der Waals surface area contributed by atoms with Gasteiger partial charge in [0, 0.05) is 17.5 Å². The molecule has 2 aromatic heterocycles. The molecule has 0 saturated carbocycles. The summed E-state index contributed by atoms with van der Waals surface area (Å²) in [6, 6.07) is 16.7. The fourth-order valence-electron chi connectivity index (χ4n) is 4.55. The molecule has 0 fully saturated rings. The quantitative estimate of drug-likeness (QED) is 0.270. The van der Waals surface area contributed by atoms with Crippen LogP contribution in [-0.2, 0) is 27.8 Å². The van der Waals surface area contributed by atoms with E-state index in [1.807, 2.05) is 11.4 Å². The van der Waals surface area contributed by atoms with Crippen LogP contribution in [0.2, 0.25) is 0 Å². The topological polar surface area (TPSA) is 89.3 Å². The summed E-state index contributed by atoms with van der Waals surface area (Å²) in [5.74, 6) is 0.487. The van der Waals surface area contributed by atoms with Crippen molar-refractivity contribution in [1.82, 2.24) is 9.21 Å². The van der Waals surface area contributed by atoms with Gasteiger partial charge in [-0.3, -0.25) is 4.79 Å². The van der Waals surface area contributed by atoms with Crippen molar-refractivity contribution < 1.29 is 31.5 Å². The van der Waals surface area contributed by atoms with Crippen molar-refractivity contribution in [1.29, 1.82) is 0 Å². The minimum Gasteiger partial charge on any atom is -0.497 e. The van der Waals surface area contributed by atoms with Gasteiger partial charge in [-0.15, -0.1) is 11.3 Å². The number of furan rings is 1. The number of fused-ring (bicyclic) bond motifs is 1. The van der Waals surface area contributed by atoms with Gasteiger partial charge < -0.3 is 18.8 Å². The van der Waals surface area contributed by atoms with Gasteiger partial charge in [0.15, 0.2) is 0 Å². The van der Waals surface area contributed by atoms with E-state index in [9.17, 15) is 17.6 Å². The van der Waals surface area contributed by atoms with Crippen LogP contribution in [-0.4, -0.2) is 50.3 Å². The molecule has 39 heavy (non-hydrogen) atoms. The number of carbonyl (C=O) groups excluding carboxylic acids is 1. The van der Waals surface area contributed by atoms with E-state index in [-0.39, 0.29) is 24.0 Å². The molecule has 0 bridgehead atoms. The Labute approximate surface area is 230 Å². The highest BCUT2D eigenvalue weighted by Gasteiger charge is 2.35. The third kappa shape index (κ3) is 6.00. The van der Waals surface area contributed by atoms with Crippen LogP contribution in [0.4, 0.5) is 4.39 Å². The SMILES string of the molecule is COc1ccc(S(=O)(=O)N(CC(=O)N2CCc3sccc3[C@H]2COc2cccc(F)c2)Cc2ccco2)cc1. The molecular weight excluding hydrogens is 543 g/mol. The fourth-order valence-corrected chi connectivity index (χ4v) is 6.83. The standard InChI is InChI=1S/C28H27FN2O6S2/c1-35-21-7-9-24(10-8-21)39(33,34)30(17-23-6-3-14-36-23)18-28(32)31-13-11-27-25(12-15-38-27)26(31)19-37-22-5-2-4-20(29)16-22/h2-10,12,14-16,26H,11,13,17-19H2,1H3/t26-/m1/s1. The van der Waals surface area contributed by atoms with Crippen LogP contribution < -0.4 is 9.47 Å². The van der Waals surface area contributed by atoms with E-state index in [1.165, 1.54) is 37.6 Å². The number of nitrogens with zero attached hydrogens (tertiary/aromatic N) is 2. The summed E-state index contributed by atoms with van der Waals surface area (Å²) in [6.07, 6.45) is 2.11. The summed E-state index contributed by atoms with van der Waals surface area (Å²) in [5.41, 5.74) is 0.951. The Hall–Kier alpha value is -3.67. The molecule has 11 heteroatoms. The van der Waals surface area contributed by atoms with Crippen molar-refractivity contribution in [2.24, 2.45) is 0 Å². The van der Waals surface area contributed by atoms with Crippen LogP contribution in [0.25, 0.3) is 0 Å². The van der Waals surface area contributed by atoms with Gasteiger partial charge >= 0.3 is 0 Å². The predicted octanol–water partition coefficient (Wildman–Crippen LogP) is 4.88. The maximum Gasteiger partial charge on any atom is 0.243 e. The minimum atomic E-state index is -4.06. The van der Waals surface area contributed by atoms with Crippen molar-refractivity contribution >= 4 is 27.3 Å². The minimum absolute atomic E-state index is 0.0346. The first kappa shape index (κ1) is 26.9. The van der Waals surface area contributed by atoms with E-state index >= 15 is 0 Å². The van der Waals surface area contributed by atoms with Gasteiger partial charge in [0.2, 0.25) is 15.9 Å². The van der Waals surface area contributed by atoms with E-state index in [1.54, 1.807) is 52.6 Å². The average molecular weight is 571 g/mol. The number of methoxy groups -OCH3 is 1. The smallest absolute Gasteiger partial charge is 0.243 e. The van der Waals surface area contributed by atoms with Crippen molar-refractivity contribution in [3.8, 4) is 11.5 Å². The normalized spacial score (nSPS) is 15.3. The molecule has 2 aromatic carbocycles. The third-order valence-corrected chi connectivity index (χ3v) is 9.34. The molecule has 5 rings (SSSR count). The number of ether oxygens (including phenoxy) is 2. The molecule has 0 spiro atoms. The first-order chi connectivity index (χ1) is 18.8. The van der Waals surface area contributed by atoms with Gasteiger partial charge in [-0.2, -0.15) is 4.31 Å². The Morgan fingerprint density at radius 2 is 1.95 bits per heavy atom. The summed E-state index contributed by atoms with van der Waals surface area (Å²) in [4.78, 5) is 16.6. The molecule has 8 nitrogen and oxygen atoms in total. The summed E-state index contributed by atoms with van der Waals surface area (Å²) in [6.45, 7) is -0.0108. The Morgan fingerprint density at radius 3 is 2.67 bits per heavy atom. The highest BCUT2D eigenvalue weighted by Crippen LogP contribution is 2.34. The van der Waals surface area contributed by atoms with Crippen LogP contribution in [0.5, 0.6) is 11.5 Å². The third-order valence-electron chi connectivity index (χ3n) is 6.54. The monoisotopic (exact) mass is 570 g/mol. The average Bonchev–Trinajstić information content (AvgIpc) is 3.63. The zero-order valence-electron chi connectivity index (χ0n) is 21.2. The van der Waals surface area contributed by atoms with Crippen molar-refractivity contribution in [3.63, 3.8) is 0 Å². The summed E-state index contributed by atoms with van der Waals surface area (Å²) in [7, 11) is -2.57. The number of hydrogen-bond acceptors (Lipinski definition) is 7. The van der Waals surface area contributed by atoms with E-state index in [0.29, 0.717) is 30.2 Å². The molecule has 4 aromatic rings. The highest BCUT2D eigenvalue weighted by atomic mass is 32.2. The first-order valence-electron chi connectivity index (χ1n) is 12.3. The summed E-state index contributed by atoms with van der Waals surface area (Å²) < 4.78 is 58.6. The number of thiophene rings is 1. The van der Waals surface area contributed by atoms with Crippen LogP contribution in [0.1, 0.15) is 22.2 Å². The molecule has 204 valence electrons. The zero-order valence-corrected chi connectivity index (χ0v) is 22.8. The number of hydrogen-bond donors (Lipinski definition) is 0. The largest absolute Gasteiger partial charge is 0.497 e. The maximum atomic E-state index is 13.8. The van der Waals surface area contributed by atoms with E-state index in [4.69, 9.17) is 13.9 Å². The number of halogens is 1. The fraction of sp³-hybridized carbons (Fsp3) is 0.250. The molecule has 1 aliphatic heterocycles. The van der Waals surface area contributed by atoms with E-state index in [2.05, 4.69) is 0 Å². The Kier molecular flexibility index (Phi) is 8.01. The van der Waals surface area contributed by atoms with Crippen molar-refractivity contribution in [2.45, 2.75) is 23.9 Å². The molecule has 0 radical (unpaired) electrons. The van der Waals surface area contributed by atoms with Gasteiger partial charge in [-0.1, -0.05) is 6.07 Å². The lowest BCUT2D eigenvalue weighted by Crippen LogP contribution is -2.47. The second-order valence-electron chi connectivity index (χ2n) is 8.95. The second kappa shape index (κ2) is 11.6. The van der Waals surface area contributed by atoms with Gasteiger partial charge in [0.1, 0.15) is 29.7 Å². The summed E-state index contributed by atoms with van der Waals surface area (Å²) in [5, 5.41) is 1.96. The Balaban J connectivity index is 1.41. The second-order valence-corrected chi connectivity index (χ2v) is 11.9. The molecule has 0 aliphatic carbocycles. The Morgan fingerprint density at radius 1 is 1.13 bits per heavy atom. The van der Waals surface area contributed by atoms with Gasteiger partial charge in [-0.05, 0) is 72.0 Å². The molecule has 0 saturated heterocycles. The zero-order chi connectivity index (χ0) is 27.4. The molecule has 3 heterocycles. The van der Waals surface area contributed by atoms with E-state index < -0.39 is 28.4 Å². The number of benzene rings is 2. The van der Waals surface area contributed by atoms with Crippen LogP contribution in [0.15, 0.2) is 87.7 Å². The van der Waals surface area contributed by atoms with Crippen molar-refractivity contribution in [3.05, 3.63) is 100 Å². The van der Waals surface area contributed by atoms with E-state index in [0.717, 1.165) is 14.7 Å². The lowest BCUT2D eigenvalue weighted by Gasteiger charge is -2.37. The lowest BCUT2D eigenvalue weighted by molar-refractivity contribution is -0.135. The predicted molar refractivity (Wildman–Crippen MR) is 144 cm³/mol. The van der Waals surface area contributed by atoms with Crippen LogP contribution in [0.3, 0.4) is 0 Å². The number of carbonyl (C=O) groups is 1. The first-order valence-corrected chi connectivity index (χ1v) is 14.6. The summed E-state index contributed by atoms with van der Waals surface area (Å²) >= 11 is 1.61. The number of amides is 1. The van der Waals surface area contributed by atoms with Crippen LogP contribution >= 0.6 is 11.3 Å². The van der Waals surface area contributed by atoms with Crippen molar-refractivity contribution in [2.75, 3.05) is 26.8 Å². The number of rotatable bonds is 10. The van der Waals surface area contributed by atoms with Crippen LogP contribution in [0, 0.1) is 5.82 Å². The Bertz CT molecular complexity index is 1520. The number of sulfonamides is 1. The van der Waals surface area contributed by atoms with Gasteiger partial charge in [0.05, 0.1) is 37.4 Å². The highest BCUT2D eigenvalue weighted by molar-refractivity contribution is 7.89. The molecule has 1 amide bonds. The molecule has 0 N–H and O–H groups in total. The molecular formula is C28H27FN2O6S2. The maximum absolute atomic E-state index is 13.8. The van der Waals surface area contributed by atoms with Gasteiger partial charge in [-0.25, -0.2) is 12.8 Å². The van der Waals surface area contributed by atoms with Gasteiger partial charge in [0.25, 0.3) is 0 Å². The lowest BCUT2D eigenvalue weighted by atomic mass is 10.0. The molecule has 1 atom stereocenters.